The summed E-state index contributed by atoms with van der Waals surface area (Å²) in [6.07, 6.45) is 1.62. The van der Waals surface area contributed by atoms with Crippen LogP contribution >= 0.6 is 27.5 Å². The molecule has 3 nitrogen and oxygen atoms in total. The molecule has 0 aliphatic rings. The third kappa shape index (κ3) is 2.73. The number of rotatable bonds is 2. The number of benzene rings is 1. The summed E-state index contributed by atoms with van der Waals surface area (Å²) < 4.78 is 15.3. The number of carbonyl (C=O) groups is 1. The molecular weight excluding hydrogens is 322 g/mol. The molecule has 0 unspecified atom stereocenters. The van der Waals surface area contributed by atoms with Gasteiger partial charge >= 0.3 is 0 Å². The van der Waals surface area contributed by atoms with E-state index < -0.39 is 5.82 Å². The highest BCUT2D eigenvalue weighted by Gasteiger charge is 2.13. The van der Waals surface area contributed by atoms with Gasteiger partial charge in [0.2, 0.25) is 0 Å². The zero-order valence-electron chi connectivity index (χ0n) is 9.38. The maximum Gasteiger partial charge on any atom is 0.272 e. The zero-order chi connectivity index (χ0) is 13.3. The molecule has 2 rings (SSSR count). The molecule has 94 valence electrons. The Morgan fingerprint density at radius 2 is 2.17 bits per heavy atom. The van der Waals surface area contributed by atoms with Crippen LogP contribution in [-0.2, 0) is 7.05 Å². The predicted molar refractivity (Wildman–Crippen MR) is 72.5 cm³/mol. The molecule has 0 saturated heterocycles. The lowest BCUT2D eigenvalue weighted by molar-refractivity contribution is 0.101. The van der Waals surface area contributed by atoms with Crippen LogP contribution in [0.2, 0.25) is 5.02 Å². The van der Waals surface area contributed by atoms with Crippen LogP contribution in [0.1, 0.15) is 10.5 Å². The van der Waals surface area contributed by atoms with Gasteiger partial charge in [-0.05, 0) is 40.2 Å². The summed E-state index contributed by atoms with van der Waals surface area (Å²) in [7, 11) is 1.71. The van der Waals surface area contributed by atoms with Crippen LogP contribution in [0.15, 0.2) is 34.9 Å². The summed E-state index contributed by atoms with van der Waals surface area (Å²) in [4.78, 5) is 12.0. The molecule has 0 aliphatic heterocycles. The molecule has 18 heavy (non-hydrogen) atoms. The van der Waals surface area contributed by atoms with E-state index in [4.69, 9.17) is 11.6 Å². The van der Waals surface area contributed by atoms with Gasteiger partial charge in [0, 0.05) is 17.7 Å². The number of carbonyl (C=O) groups excluding carboxylic acids is 1. The standard InChI is InChI=1S/C12H9BrClFN2O/c1-17-6-7(14)4-11(17)12(18)16-10-5-8(15)2-3-9(10)13/h2-6H,1H3,(H,16,18). The summed E-state index contributed by atoms with van der Waals surface area (Å²) in [5.41, 5.74) is 0.772. The normalized spacial score (nSPS) is 10.4. The Bertz CT molecular complexity index is 612. The van der Waals surface area contributed by atoms with E-state index in [9.17, 15) is 9.18 Å². The average molecular weight is 332 g/mol. The Morgan fingerprint density at radius 3 is 2.78 bits per heavy atom. The van der Waals surface area contributed by atoms with Crippen LogP contribution in [0, 0.1) is 5.82 Å². The van der Waals surface area contributed by atoms with Gasteiger partial charge < -0.3 is 9.88 Å². The Balaban J connectivity index is 2.26. The van der Waals surface area contributed by atoms with Gasteiger partial charge in [0.25, 0.3) is 5.91 Å². The molecule has 1 amide bonds. The van der Waals surface area contributed by atoms with Crippen molar-refractivity contribution in [3.63, 3.8) is 0 Å². The van der Waals surface area contributed by atoms with E-state index >= 15 is 0 Å². The number of aromatic nitrogens is 1. The Kier molecular flexibility index (Phi) is 3.73. The van der Waals surface area contributed by atoms with Crippen molar-refractivity contribution < 1.29 is 9.18 Å². The first-order valence-corrected chi connectivity index (χ1v) is 6.23. The summed E-state index contributed by atoms with van der Waals surface area (Å²) in [5, 5.41) is 3.09. The van der Waals surface area contributed by atoms with Crippen molar-refractivity contribution >= 4 is 39.1 Å². The summed E-state index contributed by atoms with van der Waals surface area (Å²) >= 11 is 9.04. The fourth-order valence-corrected chi connectivity index (χ4v) is 2.13. The first-order valence-electron chi connectivity index (χ1n) is 5.05. The van der Waals surface area contributed by atoms with Gasteiger partial charge in [0.1, 0.15) is 11.5 Å². The van der Waals surface area contributed by atoms with Crippen LogP contribution < -0.4 is 5.32 Å². The summed E-state index contributed by atoms with van der Waals surface area (Å²) in [5.74, 6) is -0.769. The second-order valence-corrected chi connectivity index (χ2v) is 5.02. The minimum atomic E-state index is -0.418. The average Bonchev–Trinajstić information content (AvgIpc) is 2.63. The van der Waals surface area contributed by atoms with Gasteiger partial charge in [-0.1, -0.05) is 11.6 Å². The highest BCUT2D eigenvalue weighted by molar-refractivity contribution is 9.10. The lowest BCUT2D eigenvalue weighted by Crippen LogP contribution is -2.15. The molecule has 1 N–H and O–H groups in total. The fourth-order valence-electron chi connectivity index (χ4n) is 1.53. The van der Waals surface area contributed by atoms with E-state index in [1.54, 1.807) is 23.9 Å². The first kappa shape index (κ1) is 13.1. The molecule has 6 heteroatoms. The van der Waals surface area contributed by atoms with Crippen LogP contribution in [0.3, 0.4) is 0 Å². The van der Waals surface area contributed by atoms with Crippen molar-refractivity contribution in [2.45, 2.75) is 0 Å². The quantitative estimate of drug-likeness (QED) is 0.891. The molecule has 1 aromatic heterocycles. The van der Waals surface area contributed by atoms with E-state index in [-0.39, 0.29) is 5.91 Å². The second kappa shape index (κ2) is 5.12. The molecule has 0 atom stereocenters. The van der Waals surface area contributed by atoms with Gasteiger partial charge in [-0.2, -0.15) is 0 Å². The topological polar surface area (TPSA) is 34.0 Å². The third-order valence-corrected chi connectivity index (χ3v) is 3.28. The molecule has 2 aromatic rings. The molecule has 0 fully saturated rings. The molecule has 1 aromatic carbocycles. The molecule has 0 spiro atoms. The Morgan fingerprint density at radius 1 is 1.44 bits per heavy atom. The maximum atomic E-state index is 13.1. The molecular formula is C12H9BrClFN2O. The van der Waals surface area contributed by atoms with Crippen molar-refractivity contribution in [1.29, 1.82) is 0 Å². The molecule has 0 saturated carbocycles. The molecule has 0 radical (unpaired) electrons. The number of hydrogen-bond donors (Lipinski definition) is 1. The lowest BCUT2D eigenvalue weighted by atomic mass is 10.3. The van der Waals surface area contributed by atoms with Gasteiger partial charge in [-0.3, -0.25) is 4.79 Å². The van der Waals surface area contributed by atoms with Crippen LogP contribution in [0.25, 0.3) is 0 Å². The van der Waals surface area contributed by atoms with E-state index in [1.165, 1.54) is 18.2 Å². The number of nitrogens with zero attached hydrogens (tertiary/aromatic N) is 1. The van der Waals surface area contributed by atoms with Gasteiger partial charge in [-0.25, -0.2) is 4.39 Å². The van der Waals surface area contributed by atoms with E-state index in [0.717, 1.165) is 0 Å². The van der Waals surface area contributed by atoms with Crippen LogP contribution in [0.4, 0.5) is 10.1 Å². The summed E-state index contributed by atoms with van der Waals surface area (Å²) in [6, 6.07) is 5.62. The number of nitrogens with one attached hydrogen (secondary N) is 1. The van der Waals surface area contributed by atoms with Crippen molar-refractivity contribution in [1.82, 2.24) is 4.57 Å². The fraction of sp³-hybridized carbons (Fsp3) is 0.0833. The Hall–Kier alpha value is -1.33. The van der Waals surface area contributed by atoms with Gasteiger partial charge in [-0.15, -0.1) is 0 Å². The SMILES string of the molecule is Cn1cc(Cl)cc1C(=O)Nc1cc(F)ccc1Br. The van der Waals surface area contributed by atoms with E-state index in [0.29, 0.717) is 20.9 Å². The van der Waals surface area contributed by atoms with Gasteiger partial charge in [0.05, 0.1) is 10.7 Å². The highest BCUT2D eigenvalue weighted by atomic mass is 79.9. The van der Waals surface area contributed by atoms with E-state index in [2.05, 4.69) is 21.2 Å². The van der Waals surface area contributed by atoms with Crippen molar-refractivity contribution in [2.24, 2.45) is 7.05 Å². The number of halogens is 3. The lowest BCUT2D eigenvalue weighted by Gasteiger charge is -2.08. The minimum absolute atomic E-state index is 0.351. The molecule has 1 heterocycles. The zero-order valence-corrected chi connectivity index (χ0v) is 11.7. The van der Waals surface area contributed by atoms with E-state index in [1.807, 2.05) is 0 Å². The largest absolute Gasteiger partial charge is 0.345 e. The minimum Gasteiger partial charge on any atom is -0.345 e. The monoisotopic (exact) mass is 330 g/mol. The number of anilines is 1. The predicted octanol–water partition coefficient (Wildman–Crippen LogP) is 3.83. The number of hydrogen-bond acceptors (Lipinski definition) is 1. The number of aryl methyl sites for hydroxylation is 1. The Labute approximate surface area is 117 Å². The molecule has 0 bridgehead atoms. The summed E-state index contributed by atoms with van der Waals surface area (Å²) in [6.45, 7) is 0. The van der Waals surface area contributed by atoms with Crippen molar-refractivity contribution in [3.8, 4) is 0 Å². The third-order valence-electron chi connectivity index (χ3n) is 2.38. The highest BCUT2D eigenvalue weighted by Crippen LogP contribution is 2.24. The second-order valence-electron chi connectivity index (χ2n) is 3.73. The van der Waals surface area contributed by atoms with Crippen LogP contribution in [0.5, 0.6) is 0 Å². The maximum absolute atomic E-state index is 13.1. The van der Waals surface area contributed by atoms with Crippen LogP contribution in [-0.4, -0.2) is 10.5 Å². The molecule has 0 aliphatic carbocycles. The smallest absolute Gasteiger partial charge is 0.272 e. The number of amides is 1. The van der Waals surface area contributed by atoms with Gasteiger partial charge in [0.15, 0.2) is 0 Å². The first-order chi connectivity index (χ1) is 8.47. The van der Waals surface area contributed by atoms with Crippen molar-refractivity contribution in [2.75, 3.05) is 5.32 Å². The van der Waals surface area contributed by atoms with Crippen molar-refractivity contribution in [3.05, 3.63) is 51.5 Å².